The predicted molar refractivity (Wildman–Crippen MR) is 78.7 cm³/mol. The van der Waals surface area contributed by atoms with E-state index in [1.165, 1.54) is 0 Å². The maximum atomic E-state index is 5.42. The minimum absolute atomic E-state index is 0.158. The number of rotatable bonds is 10. The average molecular weight is 283 g/mol. The second kappa shape index (κ2) is 9.58. The van der Waals surface area contributed by atoms with Crippen LogP contribution in [0.1, 0.15) is 18.5 Å². The van der Waals surface area contributed by atoms with Gasteiger partial charge in [0.1, 0.15) is 11.5 Å². The van der Waals surface area contributed by atoms with E-state index in [0.29, 0.717) is 19.8 Å². The molecule has 0 spiro atoms. The van der Waals surface area contributed by atoms with Crippen LogP contribution in [0.2, 0.25) is 0 Å². The Hall–Kier alpha value is -1.30. The Labute approximate surface area is 121 Å². The van der Waals surface area contributed by atoms with E-state index in [4.69, 9.17) is 18.9 Å². The second-order valence-corrected chi connectivity index (χ2v) is 4.39. The van der Waals surface area contributed by atoms with Crippen LogP contribution in [0.25, 0.3) is 0 Å². The summed E-state index contributed by atoms with van der Waals surface area (Å²) in [5.74, 6) is 1.68. The van der Waals surface area contributed by atoms with Crippen molar-refractivity contribution >= 4 is 0 Å². The van der Waals surface area contributed by atoms with Crippen LogP contribution in [0.4, 0.5) is 0 Å². The van der Waals surface area contributed by atoms with Gasteiger partial charge in [-0.05, 0) is 25.1 Å². The predicted octanol–water partition coefficient (Wildman–Crippen LogP) is 2.02. The largest absolute Gasteiger partial charge is 0.497 e. The first kappa shape index (κ1) is 16.8. The lowest BCUT2D eigenvalue weighted by atomic mass is 10.1. The Morgan fingerprint density at radius 3 is 2.50 bits per heavy atom. The second-order valence-electron chi connectivity index (χ2n) is 4.39. The van der Waals surface area contributed by atoms with Crippen molar-refractivity contribution in [3.05, 3.63) is 23.8 Å². The van der Waals surface area contributed by atoms with Gasteiger partial charge in [0.25, 0.3) is 0 Å². The zero-order chi connectivity index (χ0) is 14.8. The summed E-state index contributed by atoms with van der Waals surface area (Å²) in [4.78, 5) is 0. The summed E-state index contributed by atoms with van der Waals surface area (Å²) >= 11 is 0. The summed E-state index contributed by atoms with van der Waals surface area (Å²) in [5.41, 5.74) is 1.07. The van der Waals surface area contributed by atoms with Crippen molar-refractivity contribution in [1.29, 1.82) is 0 Å². The van der Waals surface area contributed by atoms with Gasteiger partial charge < -0.3 is 24.3 Å². The third-order valence-corrected chi connectivity index (χ3v) is 3.03. The Morgan fingerprint density at radius 2 is 1.85 bits per heavy atom. The van der Waals surface area contributed by atoms with E-state index in [2.05, 4.69) is 12.2 Å². The van der Waals surface area contributed by atoms with Crippen molar-refractivity contribution in [1.82, 2.24) is 5.32 Å². The molecule has 0 aliphatic heterocycles. The van der Waals surface area contributed by atoms with Gasteiger partial charge in [0, 0.05) is 25.3 Å². The third kappa shape index (κ3) is 5.36. The maximum Gasteiger partial charge on any atom is 0.123 e. The van der Waals surface area contributed by atoms with Gasteiger partial charge in [-0.1, -0.05) is 0 Å². The standard InChI is InChI=1S/C15H25NO4/c1-12(16-7-8-20-10-9-17-2)14-11-13(18-3)5-6-15(14)19-4/h5-6,11-12,16H,7-10H2,1-4H3. The molecule has 0 aliphatic rings. The quantitative estimate of drug-likeness (QED) is 0.666. The van der Waals surface area contributed by atoms with Gasteiger partial charge in [-0.25, -0.2) is 0 Å². The monoisotopic (exact) mass is 283 g/mol. The summed E-state index contributed by atoms with van der Waals surface area (Å²) < 4.78 is 21.0. The first-order chi connectivity index (χ1) is 9.72. The molecule has 0 amide bonds. The fraction of sp³-hybridized carbons (Fsp3) is 0.600. The van der Waals surface area contributed by atoms with Gasteiger partial charge >= 0.3 is 0 Å². The minimum Gasteiger partial charge on any atom is -0.497 e. The molecule has 20 heavy (non-hydrogen) atoms. The first-order valence-electron chi connectivity index (χ1n) is 6.75. The van der Waals surface area contributed by atoms with Crippen LogP contribution >= 0.6 is 0 Å². The molecule has 0 heterocycles. The molecule has 114 valence electrons. The highest BCUT2D eigenvalue weighted by Gasteiger charge is 2.12. The molecule has 1 aromatic rings. The zero-order valence-electron chi connectivity index (χ0n) is 12.8. The topological polar surface area (TPSA) is 49.0 Å². The van der Waals surface area contributed by atoms with Crippen molar-refractivity contribution in [3.63, 3.8) is 0 Å². The van der Waals surface area contributed by atoms with Gasteiger partial charge in [-0.2, -0.15) is 0 Å². The van der Waals surface area contributed by atoms with Crippen LogP contribution in [0.3, 0.4) is 0 Å². The summed E-state index contributed by atoms with van der Waals surface area (Å²) in [5, 5.41) is 3.40. The van der Waals surface area contributed by atoms with Gasteiger partial charge in [0.15, 0.2) is 0 Å². The Balaban J connectivity index is 2.47. The van der Waals surface area contributed by atoms with Crippen LogP contribution in [-0.2, 0) is 9.47 Å². The van der Waals surface area contributed by atoms with E-state index in [1.807, 2.05) is 18.2 Å². The molecule has 1 atom stereocenters. The molecule has 1 aromatic carbocycles. The average Bonchev–Trinajstić information content (AvgIpc) is 2.49. The van der Waals surface area contributed by atoms with Crippen LogP contribution in [0, 0.1) is 0 Å². The number of hydrogen-bond acceptors (Lipinski definition) is 5. The fourth-order valence-electron chi connectivity index (χ4n) is 1.88. The Morgan fingerprint density at radius 1 is 1.05 bits per heavy atom. The summed E-state index contributed by atoms with van der Waals surface area (Å²) in [6, 6.07) is 5.96. The van der Waals surface area contributed by atoms with E-state index in [9.17, 15) is 0 Å². The number of benzene rings is 1. The minimum atomic E-state index is 0.158. The number of nitrogens with one attached hydrogen (secondary N) is 1. The fourth-order valence-corrected chi connectivity index (χ4v) is 1.88. The van der Waals surface area contributed by atoms with E-state index in [-0.39, 0.29) is 6.04 Å². The smallest absolute Gasteiger partial charge is 0.123 e. The van der Waals surface area contributed by atoms with E-state index < -0.39 is 0 Å². The third-order valence-electron chi connectivity index (χ3n) is 3.03. The van der Waals surface area contributed by atoms with E-state index >= 15 is 0 Å². The first-order valence-corrected chi connectivity index (χ1v) is 6.75. The molecule has 1 N–H and O–H groups in total. The van der Waals surface area contributed by atoms with E-state index in [1.54, 1.807) is 21.3 Å². The molecular formula is C15H25NO4. The number of methoxy groups -OCH3 is 3. The molecule has 1 unspecified atom stereocenters. The van der Waals surface area contributed by atoms with Crippen LogP contribution < -0.4 is 14.8 Å². The van der Waals surface area contributed by atoms with Crippen molar-refractivity contribution in [2.75, 3.05) is 47.7 Å². The van der Waals surface area contributed by atoms with Gasteiger partial charge in [-0.15, -0.1) is 0 Å². The lowest BCUT2D eigenvalue weighted by Crippen LogP contribution is -2.24. The maximum absolute atomic E-state index is 5.42. The molecule has 0 aromatic heterocycles. The molecular weight excluding hydrogens is 258 g/mol. The molecule has 0 radical (unpaired) electrons. The zero-order valence-corrected chi connectivity index (χ0v) is 12.8. The molecule has 0 fully saturated rings. The molecule has 5 nitrogen and oxygen atoms in total. The highest BCUT2D eigenvalue weighted by Crippen LogP contribution is 2.28. The molecule has 5 heteroatoms. The summed E-state index contributed by atoms with van der Waals surface area (Å²) in [7, 11) is 5.00. The SMILES string of the molecule is COCCOCCNC(C)c1cc(OC)ccc1OC. The molecule has 0 saturated heterocycles. The summed E-state index contributed by atoms with van der Waals surface area (Å²) in [6.45, 7) is 4.76. The van der Waals surface area contributed by atoms with Crippen molar-refractivity contribution < 1.29 is 18.9 Å². The van der Waals surface area contributed by atoms with Gasteiger partial charge in [-0.3, -0.25) is 0 Å². The van der Waals surface area contributed by atoms with Gasteiger partial charge in [0.2, 0.25) is 0 Å². The Kier molecular flexibility index (Phi) is 8.02. The van der Waals surface area contributed by atoms with Crippen molar-refractivity contribution in [2.45, 2.75) is 13.0 Å². The van der Waals surface area contributed by atoms with Crippen LogP contribution in [0.15, 0.2) is 18.2 Å². The lowest BCUT2D eigenvalue weighted by molar-refractivity contribution is 0.0712. The molecule has 0 saturated carbocycles. The highest BCUT2D eigenvalue weighted by molar-refractivity contribution is 5.42. The molecule has 1 rings (SSSR count). The summed E-state index contributed by atoms with van der Waals surface area (Å²) in [6.07, 6.45) is 0. The molecule has 0 bridgehead atoms. The number of hydrogen-bond donors (Lipinski definition) is 1. The van der Waals surface area contributed by atoms with Crippen LogP contribution in [0.5, 0.6) is 11.5 Å². The lowest BCUT2D eigenvalue weighted by Gasteiger charge is -2.18. The number of ether oxygens (including phenoxy) is 4. The Bertz CT molecular complexity index is 384. The van der Waals surface area contributed by atoms with Crippen molar-refractivity contribution in [3.8, 4) is 11.5 Å². The normalized spacial score (nSPS) is 12.2. The highest BCUT2D eigenvalue weighted by atomic mass is 16.5. The van der Waals surface area contributed by atoms with E-state index in [0.717, 1.165) is 23.6 Å². The van der Waals surface area contributed by atoms with Crippen molar-refractivity contribution in [2.24, 2.45) is 0 Å². The van der Waals surface area contributed by atoms with Crippen LogP contribution in [-0.4, -0.2) is 47.7 Å². The van der Waals surface area contributed by atoms with Gasteiger partial charge in [0.05, 0.1) is 34.0 Å². The molecule has 0 aliphatic carbocycles.